The summed E-state index contributed by atoms with van der Waals surface area (Å²) in [7, 11) is -3.83. The molecule has 25 heavy (non-hydrogen) atoms. The minimum absolute atomic E-state index is 0.0667. The highest BCUT2D eigenvalue weighted by molar-refractivity contribution is 7.93. The molecule has 1 heterocycles. The lowest BCUT2D eigenvalue weighted by molar-refractivity contribution is -0.136. The van der Waals surface area contributed by atoms with Crippen LogP contribution in [0.3, 0.4) is 0 Å². The van der Waals surface area contributed by atoms with E-state index in [-0.39, 0.29) is 30.0 Å². The van der Waals surface area contributed by atoms with Gasteiger partial charge in [0.2, 0.25) is 10.0 Å². The van der Waals surface area contributed by atoms with Crippen molar-refractivity contribution in [3.05, 3.63) is 35.2 Å². The molecule has 0 amide bonds. The molecule has 2 aliphatic carbocycles. The molecule has 2 bridgehead atoms. The van der Waals surface area contributed by atoms with E-state index in [1.807, 2.05) is 0 Å². The fraction of sp³-hybridized carbons (Fsp3) is 0.562. The number of fused-ring (bicyclic) bond motifs is 5. The lowest BCUT2D eigenvalue weighted by Gasteiger charge is -2.26. The van der Waals surface area contributed by atoms with Crippen LogP contribution in [0, 0.1) is 24.3 Å². The molecule has 1 N–H and O–H groups in total. The normalized spacial score (nSPS) is 35.6. The van der Waals surface area contributed by atoms with E-state index < -0.39 is 38.8 Å². The molecule has 134 valence electrons. The number of halogens is 3. The van der Waals surface area contributed by atoms with Gasteiger partial charge in [0.05, 0.1) is 23.5 Å². The summed E-state index contributed by atoms with van der Waals surface area (Å²) in [6, 6.07) is 3.00. The number of sulfonamides is 1. The molecule has 1 aliphatic heterocycles. The molecule has 3 fully saturated rings. The third kappa shape index (κ3) is 2.27. The van der Waals surface area contributed by atoms with Crippen molar-refractivity contribution < 1.29 is 26.7 Å². The summed E-state index contributed by atoms with van der Waals surface area (Å²) >= 11 is 0. The van der Waals surface area contributed by atoms with Gasteiger partial charge in [0.25, 0.3) is 0 Å². The molecular weight excluding hydrogens is 357 g/mol. The summed E-state index contributed by atoms with van der Waals surface area (Å²) in [6.45, 7) is 7.01. The SMILES string of the molecule is [C-]#[N+]c1ccc(N2C[C@@H]3[C@H]4C[C@@H]([C@@H]3S2(=O)=O)[C@H](O)C4)cc1C(F)(F)F. The zero-order valence-electron chi connectivity index (χ0n) is 12.9. The molecule has 0 aromatic heterocycles. The van der Waals surface area contributed by atoms with E-state index in [1.54, 1.807) is 0 Å². The van der Waals surface area contributed by atoms with E-state index in [2.05, 4.69) is 4.85 Å². The summed E-state index contributed by atoms with van der Waals surface area (Å²) in [4.78, 5) is 2.87. The third-order valence-corrected chi connectivity index (χ3v) is 8.15. The molecule has 0 unspecified atom stereocenters. The van der Waals surface area contributed by atoms with E-state index in [0.29, 0.717) is 12.8 Å². The van der Waals surface area contributed by atoms with E-state index >= 15 is 0 Å². The van der Waals surface area contributed by atoms with Crippen molar-refractivity contribution in [3.63, 3.8) is 0 Å². The van der Waals surface area contributed by atoms with Crippen molar-refractivity contribution in [1.82, 2.24) is 0 Å². The topological polar surface area (TPSA) is 62.0 Å². The molecule has 0 spiro atoms. The maximum Gasteiger partial charge on any atom is 0.407 e. The van der Waals surface area contributed by atoms with Crippen LogP contribution in [-0.4, -0.2) is 31.4 Å². The summed E-state index contributed by atoms with van der Waals surface area (Å²) < 4.78 is 66.3. The Morgan fingerprint density at radius 2 is 1.96 bits per heavy atom. The molecule has 1 saturated heterocycles. The van der Waals surface area contributed by atoms with Crippen LogP contribution in [0.5, 0.6) is 0 Å². The predicted octanol–water partition coefficient (Wildman–Crippen LogP) is 2.79. The Kier molecular flexibility index (Phi) is 3.41. The fourth-order valence-electron chi connectivity index (χ4n) is 4.77. The number of aliphatic hydroxyl groups is 1. The van der Waals surface area contributed by atoms with Gasteiger partial charge in [-0.25, -0.2) is 13.3 Å². The molecule has 3 aliphatic rings. The highest BCUT2D eigenvalue weighted by Crippen LogP contribution is 2.56. The first-order chi connectivity index (χ1) is 11.6. The smallest absolute Gasteiger partial charge is 0.393 e. The van der Waals surface area contributed by atoms with Crippen LogP contribution in [0.2, 0.25) is 0 Å². The molecule has 5 nitrogen and oxygen atoms in total. The van der Waals surface area contributed by atoms with Crippen LogP contribution in [0.15, 0.2) is 18.2 Å². The summed E-state index contributed by atoms with van der Waals surface area (Å²) in [5.74, 6) is -0.405. The Morgan fingerprint density at radius 3 is 2.60 bits per heavy atom. The van der Waals surface area contributed by atoms with Crippen LogP contribution in [0.4, 0.5) is 24.5 Å². The molecule has 5 atom stereocenters. The monoisotopic (exact) mass is 372 g/mol. The van der Waals surface area contributed by atoms with Gasteiger partial charge in [-0.05, 0) is 36.8 Å². The lowest BCUT2D eigenvalue weighted by Crippen LogP contribution is -2.38. The van der Waals surface area contributed by atoms with Gasteiger partial charge in [0.15, 0.2) is 5.69 Å². The minimum atomic E-state index is -4.73. The molecule has 1 aromatic carbocycles. The predicted molar refractivity (Wildman–Crippen MR) is 83.5 cm³/mol. The van der Waals surface area contributed by atoms with Crippen LogP contribution >= 0.6 is 0 Å². The average Bonchev–Trinajstić information content (AvgIpc) is 3.15. The van der Waals surface area contributed by atoms with Crippen molar-refractivity contribution in [2.45, 2.75) is 30.4 Å². The van der Waals surface area contributed by atoms with Crippen molar-refractivity contribution >= 4 is 21.4 Å². The lowest BCUT2D eigenvalue weighted by atomic mass is 9.87. The number of aliphatic hydroxyl groups excluding tert-OH is 1. The van der Waals surface area contributed by atoms with Crippen LogP contribution in [0.1, 0.15) is 18.4 Å². The number of anilines is 1. The maximum atomic E-state index is 13.2. The summed E-state index contributed by atoms with van der Waals surface area (Å²) in [5.41, 5.74) is -1.75. The first-order valence-corrected chi connectivity index (χ1v) is 9.43. The van der Waals surface area contributed by atoms with Crippen LogP contribution < -0.4 is 4.31 Å². The van der Waals surface area contributed by atoms with Crippen LogP contribution in [-0.2, 0) is 16.2 Å². The molecule has 1 aromatic rings. The van der Waals surface area contributed by atoms with Crippen molar-refractivity contribution in [1.29, 1.82) is 0 Å². The van der Waals surface area contributed by atoms with Gasteiger partial charge in [0, 0.05) is 18.2 Å². The molecular formula is C16H15F3N2O3S. The first kappa shape index (κ1) is 16.7. The molecule has 4 rings (SSSR count). The zero-order chi connectivity index (χ0) is 18.1. The molecule has 2 saturated carbocycles. The molecule has 0 radical (unpaired) electrons. The third-order valence-electron chi connectivity index (χ3n) is 5.78. The highest BCUT2D eigenvalue weighted by atomic mass is 32.2. The number of benzene rings is 1. The van der Waals surface area contributed by atoms with E-state index in [9.17, 15) is 26.7 Å². The largest absolute Gasteiger partial charge is 0.407 e. The summed E-state index contributed by atoms with van der Waals surface area (Å²) in [5, 5.41) is 9.28. The second kappa shape index (κ2) is 5.11. The van der Waals surface area contributed by atoms with Gasteiger partial charge in [-0.1, -0.05) is 6.07 Å². The Bertz CT molecular complexity index is 878. The standard InChI is InChI=1S/C16H15F3N2O3S/c1-20-13-3-2-9(6-12(13)16(17,18)19)21-7-11-8-4-10(14(22)5-8)15(11)25(21,23)24/h2-3,6,8,10-11,14-15,22H,4-5,7H2/t8-,10+,11+,14+,15-/m0/s1. The van der Waals surface area contributed by atoms with Gasteiger partial charge < -0.3 is 5.11 Å². The quantitative estimate of drug-likeness (QED) is 0.771. The van der Waals surface area contributed by atoms with Gasteiger partial charge >= 0.3 is 6.18 Å². The van der Waals surface area contributed by atoms with Crippen LogP contribution in [0.25, 0.3) is 4.85 Å². The Hall–Kier alpha value is -1.79. The fourth-order valence-corrected chi connectivity index (χ4v) is 7.33. The second-order valence-corrected chi connectivity index (χ2v) is 8.99. The molecule has 9 heteroatoms. The van der Waals surface area contributed by atoms with E-state index in [4.69, 9.17) is 6.57 Å². The number of hydrogen-bond acceptors (Lipinski definition) is 3. The Balaban J connectivity index is 1.76. The van der Waals surface area contributed by atoms with E-state index in [0.717, 1.165) is 16.4 Å². The van der Waals surface area contributed by atoms with Gasteiger partial charge in [-0.2, -0.15) is 13.2 Å². The van der Waals surface area contributed by atoms with Gasteiger partial charge in [-0.15, -0.1) is 0 Å². The van der Waals surface area contributed by atoms with Crippen molar-refractivity contribution in [3.8, 4) is 0 Å². The number of rotatable bonds is 1. The van der Waals surface area contributed by atoms with Gasteiger partial charge in [-0.3, -0.25) is 4.31 Å². The first-order valence-electron chi connectivity index (χ1n) is 7.93. The van der Waals surface area contributed by atoms with E-state index in [1.165, 1.54) is 6.07 Å². The van der Waals surface area contributed by atoms with Gasteiger partial charge in [0.1, 0.15) is 0 Å². The maximum absolute atomic E-state index is 13.2. The van der Waals surface area contributed by atoms with Crippen molar-refractivity contribution in [2.24, 2.45) is 17.8 Å². The zero-order valence-corrected chi connectivity index (χ0v) is 13.8. The highest BCUT2D eigenvalue weighted by Gasteiger charge is 2.62. The number of hydrogen-bond donors (Lipinski definition) is 1. The Labute approximate surface area is 142 Å². The van der Waals surface area contributed by atoms with Crippen molar-refractivity contribution in [2.75, 3.05) is 10.8 Å². The summed E-state index contributed by atoms with van der Waals surface area (Å²) in [6.07, 6.45) is -4.17. The number of alkyl halides is 3. The minimum Gasteiger partial charge on any atom is -0.393 e. The Morgan fingerprint density at radius 1 is 1.24 bits per heavy atom. The number of nitrogens with zero attached hydrogens (tertiary/aromatic N) is 2. The average molecular weight is 372 g/mol. The second-order valence-electron chi connectivity index (χ2n) is 6.98.